The molecule has 132 valence electrons. The highest BCUT2D eigenvalue weighted by atomic mass is 16.5. The summed E-state index contributed by atoms with van der Waals surface area (Å²) >= 11 is 0. The van der Waals surface area contributed by atoms with Crippen molar-refractivity contribution >= 4 is 17.4 Å². The summed E-state index contributed by atoms with van der Waals surface area (Å²) in [5, 5.41) is 2.80. The number of carbonyl (C=O) groups is 2. The van der Waals surface area contributed by atoms with Crippen molar-refractivity contribution in [2.45, 2.75) is 13.3 Å². The lowest BCUT2D eigenvalue weighted by Crippen LogP contribution is -2.16. The molecule has 2 rings (SSSR count). The number of carbonyl (C=O) groups excluding carboxylic acids is 2. The second kappa shape index (κ2) is 8.19. The maximum atomic E-state index is 12.5. The number of benzene rings is 2. The third kappa shape index (κ3) is 4.50. The van der Waals surface area contributed by atoms with E-state index in [1.807, 2.05) is 0 Å². The highest BCUT2D eigenvalue weighted by molar-refractivity contribution is 5.96. The van der Waals surface area contributed by atoms with Crippen molar-refractivity contribution in [1.82, 2.24) is 0 Å². The van der Waals surface area contributed by atoms with E-state index in [0.717, 1.165) is 0 Å². The van der Waals surface area contributed by atoms with Gasteiger partial charge in [-0.1, -0.05) is 0 Å². The molecular weight excluding hydrogens is 322 g/mol. The van der Waals surface area contributed by atoms with E-state index in [-0.39, 0.29) is 18.1 Å². The van der Waals surface area contributed by atoms with E-state index in [2.05, 4.69) is 5.32 Å². The zero-order valence-electron chi connectivity index (χ0n) is 14.7. The molecule has 0 aliphatic rings. The van der Waals surface area contributed by atoms with E-state index in [0.29, 0.717) is 34.1 Å². The van der Waals surface area contributed by atoms with Gasteiger partial charge in [-0.2, -0.15) is 0 Å². The van der Waals surface area contributed by atoms with E-state index in [1.165, 1.54) is 21.1 Å². The third-order valence-corrected chi connectivity index (χ3v) is 3.72. The number of hydrogen-bond donors (Lipinski definition) is 1. The monoisotopic (exact) mass is 343 g/mol. The van der Waals surface area contributed by atoms with Gasteiger partial charge in [0.25, 0.3) is 0 Å². The zero-order chi connectivity index (χ0) is 18.4. The van der Waals surface area contributed by atoms with Crippen LogP contribution in [0.2, 0.25) is 0 Å². The summed E-state index contributed by atoms with van der Waals surface area (Å²) in [6, 6.07) is 10.2. The van der Waals surface area contributed by atoms with Gasteiger partial charge in [0.15, 0.2) is 5.78 Å². The minimum absolute atomic E-state index is 0.0602. The molecule has 0 bridgehead atoms. The molecule has 0 heterocycles. The van der Waals surface area contributed by atoms with Crippen LogP contribution in [0.1, 0.15) is 22.8 Å². The number of rotatable bonds is 7. The van der Waals surface area contributed by atoms with Crippen LogP contribution >= 0.6 is 0 Å². The van der Waals surface area contributed by atoms with Gasteiger partial charge in [-0.15, -0.1) is 0 Å². The quantitative estimate of drug-likeness (QED) is 0.782. The highest BCUT2D eigenvalue weighted by Gasteiger charge is 2.14. The molecular formula is C19H21NO5. The van der Waals surface area contributed by atoms with Crippen molar-refractivity contribution in [3.8, 4) is 17.2 Å². The summed E-state index contributed by atoms with van der Waals surface area (Å²) in [7, 11) is 4.59. The Hall–Kier alpha value is -3.02. The Labute approximate surface area is 146 Å². The number of Topliss-reactive ketones (excluding diaryl/α,β-unsaturated/α-hetero) is 1. The third-order valence-electron chi connectivity index (χ3n) is 3.72. The largest absolute Gasteiger partial charge is 0.497 e. The van der Waals surface area contributed by atoms with E-state index in [9.17, 15) is 9.59 Å². The van der Waals surface area contributed by atoms with Crippen molar-refractivity contribution in [2.24, 2.45) is 0 Å². The summed E-state index contributed by atoms with van der Waals surface area (Å²) in [6.45, 7) is 1.48. The molecule has 0 atom stereocenters. The van der Waals surface area contributed by atoms with Gasteiger partial charge in [-0.3, -0.25) is 9.59 Å². The van der Waals surface area contributed by atoms with Crippen LogP contribution in [0, 0.1) is 0 Å². The molecule has 0 aliphatic heterocycles. The maximum Gasteiger partial charge on any atom is 0.229 e. The number of amides is 1. The summed E-state index contributed by atoms with van der Waals surface area (Å²) in [5.74, 6) is 1.35. The number of ether oxygens (including phenoxy) is 3. The topological polar surface area (TPSA) is 73.9 Å². The molecule has 0 unspecified atom stereocenters. The fourth-order valence-corrected chi connectivity index (χ4v) is 2.41. The van der Waals surface area contributed by atoms with Crippen LogP contribution in [0.15, 0.2) is 36.4 Å². The van der Waals surface area contributed by atoms with E-state index in [1.54, 1.807) is 43.5 Å². The molecule has 0 spiro atoms. The number of hydrogen-bond acceptors (Lipinski definition) is 5. The van der Waals surface area contributed by atoms with Crippen LogP contribution < -0.4 is 19.5 Å². The van der Waals surface area contributed by atoms with Gasteiger partial charge in [0.1, 0.15) is 17.2 Å². The van der Waals surface area contributed by atoms with Crippen LogP contribution in [0.3, 0.4) is 0 Å². The van der Waals surface area contributed by atoms with Crippen molar-refractivity contribution in [3.63, 3.8) is 0 Å². The van der Waals surface area contributed by atoms with Crippen LogP contribution in [-0.2, 0) is 11.2 Å². The SMILES string of the molecule is COc1ccc(OC)c(NC(=O)Cc2cc(C(C)=O)ccc2OC)c1. The second-order valence-corrected chi connectivity index (χ2v) is 5.37. The van der Waals surface area contributed by atoms with Gasteiger partial charge in [0, 0.05) is 17.2 Å². The van der Waals surface area contributed by atoms with Crippen molar-refractivity contribution < 1.29 is 23.8 Å². The van der Waals surface area contributed by atoms with Crippen LogP contribution in [0.4, 0.5) is 5.69 Å². The van der Waals surface area contributed by atoms with E-state index in [4.69, 9.17) is 14.2 Å². The van der Waals surface area contributed by atoms with Crippen molar-refractivity contribution in [3.05, 3.63) is 47.5 Å². The number of nitrogens with one attached hydrogen (secondary N) is 1. The van der Waals surface area contributed by atoms with Crippen LogP contribution in [-0.4, -0.2) is 33.0 Å². The molecule has 1 amide bonds. The van der Waals surface area contributed by atoms with Gasteiger partial charge < -0.3 is 19.5 Å². The molecule has 0 saturated carbocycles. The Morgan fingerprint density at radius 2 is 1.60 bits per heavy atom. The molecule has 2 aromatic rings. The van der Waals surface area contributed by atoms with E-state index < -0.39 is 0 Å². The average Bonchev–Trinajstić information content (AvgIpc) is 2.61. The zero-order valence-corrected chi connectivity index (χ0v) is 14.7. The Kier molecular flexibility index (Phi) is 6.00. The molecule has 6 nitrogen and oxygen atoms in total. The molecule has 0 radical (unpaired) electrons. The number of ketones is 1. The Balaban J connectivity index is 2.23. The molecule has 6 heteroatoms. The fraction of sp³-hybridized carbons (Fsp3) is 0.263. The van der Waals surface area contributed by atoms with Gasteiger partial charge in [-0.05, 0) is 37.3 Å². The lowest BCUT2D eigenvalue weighted by atomic mass is 10.0. The molecule has 0 aliphatic carbocycles. The fourth-order valence-electron chi connectivity index (χ4n) is 2.41. The standard InChI is InChI=1S/C19H21NO5/c1-12(21)13-5-7-17(24-3)14(9-13)10-19(22)20-16-11-15(23-2)6-8-18(16)25-4/h5-9,11H,10H2,1-4H3,(H,20,22). The molecule has 0 saturated heterocycles. The normalized spacial score (nSPS) is 10.1. The maximum absolute atomic E-state index is 12.5. The average molecular weight is 343 g/mol. The lowest BCUT2D eigenvalue weighted by molar-refractivity contribution is -0.115. The molecule has 0 aromatic heterocycles. The smallest absolute Gasteiger partial charge is 0.229 e. The first-order chi connectivity index (χ1) is 12.0. The summed E-state index contributed by atoms with van der Waals surface area (Å²) in [5.41, 5.74) is 1.67. The lowest BCUT2D eigenvalue weighted by Gasteiger charge is -2.13. The van der Waals surface area contributed by atoms with Crippen molar-refractivity contribution in [1.29, 1.82) is 0 Å². The van der Waals surface area contributed by atoms with E-state index >= 15 is 0 Å². The summed E-state index contributed by atoms with van der Waals surface area (Å²) in [6.07, 6.45) is 0.0602. The van der Waals surface area contributed by atoms with Crippen LogP contribution in [0.25, 0.3) is 0 Å². The number of anilines is 1. The van der Waals surface area contributed by atoms with Crippen molar-refractivity contribution in [2.75, 3.05) is 26.6 Å². The Morgan fingerprint density at radius 1 is 0.920 bits per heavy atom. The van der Waals surface area contributed by atoms with Gasteiger partial charge >= 0.3 is 0 Å². The predicted octanol–water partition coefficient (Wildman–Crippen LogP) is 3.10. The second-order valence-electron chi connectivity index (χ2n) is 5.37. The Morgan fingerprint density at radius 3 is 2.20 bits per heavy atom. The van der Waals surface area contributed by atoms with Crippen LogP contribution in [0.5, 0.6) is 17.2 Å². The molecule has 25 heavy (non-hydrogen) atoms. The predicted molar refractivity (Wildman–Crippen MR) is 94.9 cm³/mol. The molecule has 2 aromatic carbocycles. The Bertz CT molecular complexity index is 785. The first-order valence-corrected chi connectivity index (χ1v) is 7.68. The number of methoxy groups -OCH3 is 3. The van der Waals surface area contributed by atoms with Gasteiger partial charge in [-0.25, -0.2) is 0 Å². The first kappa shape index (κ1) is 18.3. The summed E-state index contributed by atoms with van der Waals surface area (Å²) < 4.78 is 15.7. The molecule has 1 N–H and O–H groups in total. The summed E-state index contributed by atoms with van der Waals surface area (Å²) in [4.78, 5) is 24.0. The van der Waals surface area contributed by atoms with Gasteiger partial charge in [0.05, 0.1) is 33.4 Å². The first-order valence-electron chi connectivity index (χ1n) is 7.68. The van der Waals surface area contributed by atoms with Gasteiger partial charge in [0.2, 0.25) is 5.91 Å². The minimum Gasteiger partial charge on any atom is -0.497 e. The molecule has 0 fully saturated rings. The minimum atomic E-state index is -0.259. The highest BCUT2D eigenvalue weighted by Crippen LogP contribution is 2.29.